The number of carbonyl (C=O) groups is 1. The van der Waals surface area contributed by atoms with E-state index in [1.54, 1.807) is 27.7 Å². The molecular weight excluding hydrogens is 253 g/mol. The molecule has 1 aromatic rings. The zero-order chi connectivity index (χ0) is 13.9. The van der Waals surface area contributed by atoms with Crippen molar-refractivity contribution >= 4 is 23.4 Å². The minimum Gasteiger partial charge on any atom is -0.459 e. The van der Waals surface area contributed by atoms with Gasteiger partial charge in [0.25, 0.3) is 0 Å². The lowest BCUT2D eigenvalue weighted by Gasteiger charge is -2.22. The summed E-state index contributed by atoms with van der Waals surface area (Å²) in [5.74, 6) is -0.709. The molecule has 3 nitrogen and oxygen atoms in total. The Morgan fingerprint density at radius 3 is 2.61 bits per heavy atom. The normalized spacial score (nSPS) is 13.2. The van der Waals surface area contributed by atoms with Crippen molar-refractivity contribution in [3.63, 3.8) is 0 Å². The Bertz CT molecular complexity index is 443. The summed E-state index contributed by atoms with van der Waals surface area (Å²) in [5.41, 5.74) is 5.65. The molecule has 0 aliphatic heterocycles. The van der Waals surface area contributed by atoms with Crippen molar-refractivity contribution in [2.75, 3.05) is 5.73 Å². The van der Waals surface area contributed by atoms with Crippen LogP contribution in [-0.4, -0.2) is 16.8 Å². The van der Waals surface area contributed by atoms with Gasteiger partial charge in [-0.25, -0.2) is 4.39 Å². The van der Waals surface area contributed by atoms with Crippen LogP contribution in [0.25, 0.3) is 0 Å². The van der Waals surface area contributed by atoms with E-state index in [0.29, 0.717) is 10.6 Å². The van der Waals surface area contributed by atoms with Crippen LogP contribution >= 0.6 is 11.8 Å². The molecule has 1 aromatic carbocycles. The van der Waals surface area contributed by atoms with Crippen molar-refractivity contribution in [1.29, 1.82) is 0 Å². The molecule has 0 aromatic heterocycles. The number of halogens is 1. The first-order chi connectivity index (χ1) is 8.19. The Morgan fingerprint density at radius 2 is 2.06 bits per heavy atom. The van der Waals surface area contributed by atoms with Gasteiger partial charge < -0.3 is 10.5 Å². The Hall–Kier alpha value is -1.23. The number of nitrogens with two attached hydrogens (primary N) is 1. The van der Waals surface area contributed by atoms with Crippen LogP contribution in [0.4, 0.5) is 10.1 Å². The molecule has 2 N–H and O–H groups in total. The minimum atomic E-state index is -0.528. The first-order valence-corrected chi connectivity index (χ1v) is 6.51. The molecule has 0 aliphatic carbocycles. The molecule has 1 rings (SSSR count). The highest BCUT2D eigenvalue weighted by Crippen LogP contribution is 2.30. The van der Waals surface area contributed by atoms with Gasteiger partial charge in [0.2, 0.25) is 0 Å². The van der Waals surface area contributed by atoms with Crippen molar-refractivity contribution in [3.05, 3.63) is 24.0 Å². The van der Waals surface area contributed by atoms with E-state index < -0.39 is 10.9 Å². The second kappa shape index (κ2) is 5.61. The van der Waals surface area contributed by atoms with Crippen molar-refractivity contribution in [1.82, 2.24) is 0 Å². The monoisotopic (exact) mass is 271 g/mol. The molecule has 0 saturated carbocycles. The van der Waals surface area contributed by atoms with Crippen LogP contribution in [-0.2, 0) is 9.53 Å². The molecule has 1 atom stereocenters. The topological polar surface area (TPSA) is 52.3 Å². The van der Waals surface area contributed by atoms with Gasteiger partial charge in [-0.3, -0.25) is 4.79 Å². The van der Waals surface area contributed by atoms with Gasteiger partial charge in [-0.05, 0) is 45.9 Å². The first kappa shape index (κ1) is 14.8. The molecule has 100 valence electrons. The summed E-state index contributed by atoms with van der Waals surface area (Å²) in [6.07, 6.45) is 0. The van der Waals surface area contributed by atoms with E-state index in [9.17, 15) is 9.18 Å². The molecule has 0 saturated heterocycles. The molecular formula is C13H18FNO2S. The second-order valence-electron chi connectivity index (χ2n) is 4.98. The van der Waals surface area contributed by atoms with E-state index in [1.807, 2.05) is 0 Å². The van der Waals surface area contributed by atoms with Crippen molar-refractivity contribution < 1.29 is 13.9 Å². The highest BCUT2D eigenvalue weighted by molar-refractivity contribution is 8.00. The predicted molar refractivity (Wildman–Crippen MR) is 72.0 cm³/mol. The van der Waals surface area contributed by atoms with Crippen LogP contribution in [0.1, 0.15) is 27.7 Å². The zero-order valence-corrected chi connectivity index (χ0v) is 11.8. The number of hydrogen-bond donors (Lipinski definition) is 1. The average Bonchev–Trinajstić information content (AvgIpc) is 2.21. The van der Waals surface area contributed by atoms with Crippen LogP contribution in [0, 0.1) is 5.82 Å². The molecule has 1 unspecified atom stereocenters. The third-order valence-electron chi connectivity index (χ3n) is 2.02. The summed E-state index contributed by atoms with van der Waals surface area (Å²) in [6.45, 7) is 7.12. The molecule has 5 heteroatoms. The molecule has 0 aliphatic rings. The number of esters is 1. The summed E-state index contributed by atoms with van der Waals surface area (Å²) in [6, 6.07) is 4.10. The quantitative estimate of drug-likeness (QED) is 0.521. The van der Waals surface area contributed by atoms with Gasteiger partial charge in [0.15, 0.2) is 0 Å². The summed E-state index contributed by atoms with van der Waals surface area (Å²) in [4.78, 5) is 12.3. The van der Waals surface area contributed by atoms with Crippen molar-refractivity contribution in [2.24, 2.45) is 0 Å². The number of carbonyl (C=O) groups excluding carboxylic acids is 1. The van der Waals surface area contributed by atoms with E-state index in [1.165, 1.54) is 30.0 Å². The summed E-state index contributed by atoms with van der Waals surface area (Å²) in [5, 5.41) is -0.437. The number of nitrogen functional groups attached to an aromatic ring is 1. The lowest BCUT2D eigenvalue weighted by molar-refractivity contribution is -0.153. The Morgan fingerprint density at radius 1 is 1.44 bits per heavy atom. The van der Waals surface area contributed by atoms with Gasteiger partial charge in [0.05, 0.1) is 0 Å². The van der Waals surface area contributed by atoms with Gasteiger partial charge in [0.1, 0.15) is 16.7 Å². The molecule has 0 fully saturated rings. The number of thioether (sulfide) groups is 1. The SMILES string of the molecule is CC(Sc1cc(F)ccc1N)C(=O)OC(C)(C)C. The highest BCUT2D eigenvalue weighted by Gasteiger charge is 2.23. The van der Waals surface area contributed by atoms with Crippen LogP contribution in [0.15, 0.2) is 23.1 Å². The molecule has 0 radical (unpaired) electrons. The smallest absolute Gasteiger partial charge is 0.319 e. The van der Waals surface area contributed by atoms with Gasteiger partial charge in [-0.2, -0.15) is 0 Å². The van der Waals surface area contributed by atoms with Crippen LogP contribution in [0.5, 0.6) is 0 Å². The van der Waals surface area contributed by atoms with Crippen LogP contribution in [0.3, 0.4) is 0 Å². The fraction of sp³-hybridized carbons (Fsp3) is 0.462. The maximum atomic E-state index is 13.1. The van der Waals surface area contributed by atoms with E-state index >= 15 is 0 Å². The highest BCUT2D eigenvalue weighted by atomic mass is 32.2. The second-order valence-corrected chi connectivity index (χ2v) is 6.36. The van der Waals surface area contributed by atoms with E-state index in [-0.39, 0.29) is 11.8 Å². The Balaban J connectivity index is 2.72. The minimum absolute atomic E-state index is 0.337. The molecule has 0 bridgehead atoms. The number of ether oxygens (including phenoxy) is 1. The molecule has 0 heterocycles. The summed E-state index contributed by atoms with van der Waals surface area (Å²) >= 11 is 1.19. The molecule has 0 amide bonds. The first-order valence-electron chi connectivity index (χ1n) is 5.63. The third-order valence-corrected chi connectivity index (χ3v) is 3.17. The van der Waals surface area contributed by atoms with Crippen molar-refractivity contribution in [2.45, 2.75) is 43.4 Å². The van der Waals surface area contributed by atoms with Gasteiger partial charge >= 0.3 is 5.97 Å². The number of anilines is 1. The maximum Gasteiger partial charge on any atom is 0.319 e. The average molecular weight is 271 g/mol. The van der Waals surface area contributed by atoms with Gasteiger partial charge in [-0.1, -0.05) is 0 Å². The lowest BCUT2D eigenvalue weighted by Crippen LogP contribution is -2.28. The third kappa shape index (κ3) is 4.56. The standard InChI is InChI=1S/C13H18FNO2S/c1-8(12(16)17-13(2,3)4)18-11-7-9(14)5-6-10(11)15/h5-8H,15H2,1-4H3. The zero-order valence-electron chi connectivity index (χ0n) is 11.0. The Kier molecular flexibility index (Phi) is 4.62. The predicted octanol–water partition coefficient (Wildman–Crippen LogP) is 3.23. The van der Waals surface area contributed by atoms with Gasteiger partial charge in [0, 0.05) is 10.6 Å². The van der Waals surface area contributed by atoms with E-state index in [2.05, 4.69) is 0 Å². The van der Waals surface area contributed by atoms with E-state index in [0.717, 1.165) is 0 Å². The number of rotatable bonds is 3. The Labute approximate surface area is 111 Å². The molecule has 0 spiro atoms. The molecule has 18 heavy (non-hydrogen) atoms. The summed E-state index contributed by atoms with van der Waals surface area (Å²) in [7, 11) is 0. The van der Waals surface area contributed by atoms with Crippen molar-refractivity contribution in [3.8, 4) is 0 Å². The largest absolute Gasteiger partial charge is 0.459 e. The van der Waals surface area contributed by atoms with Crippen LogP contribution in [0.2, 0.25) is 0 Å². The fourth-order valence-corrected chi connectivity index (χ4v) is 2.14. The number of benzene rings is 1. The maximum absolute atomic E-state index is 13.1. The lowest BCUT2D eigenvalue weighted by atomic mass is 10.2. The summed E-state index contributed by atoms with van der Waals surface area (Å²) < 4.78 is 18.3. The number of hydrogen-bond acceptors (Lipinski definition) is 4. The van der Waals surface area contributed by atoms with E-state index in [4.69, 9.17) is 10.5 Å². The van der Waals surface area contributed by atoms with Crippen LogP contribution < -0.4 is 5.73 Å². The fourth-order valence-electron chi connectivity index (χ4n) is 1.23. The van der Waals surface area contributed by atoms with Gasteiger partial charge in [-0.15, -0.1) is 11.8 Å².